The molecule has 0 saturated carbocycles. The second kappa shape index (κ2) is 13.7. The first-order valence-corrected chi connectivity index (χ1v) is 21.1. The minimum atomic E-state index is -2.46. The van der Waals surface area contributed by atoms with Gasteiger partial charge >= 0.3 is 206 Å². The van der Waals surface area contributed by atoms with Gasteiger partial charge in [-0.15, -0.1) is 0 Å². The molecule has 3 N–H and O–H groups in total. The number of aryl methyl sites for hydroxylation is 2. The third kappa shape index (κ3) is 7.19. The average Bonchev–Trinajstić information content (AvgIpc) is 3.26. The second-order valence-corrected chi connectivity index (χ2v) is 24.9. The van der Waals surface area contributed by atoms with Crippen LogP contribution >= 0.6 is 11.3 Å². The molecule has 0 unspecified atom stereocenters. The molecule has 0 spiro atoms. The van der Waals surface area contributed by atoms with Crippen molar-refractivity contribution >= 4 is 32.6 Å². The molecule has 3 rings (SSSR count). The molecule has 1 heterocycles. The largest absolute Gasteiger partial charge is 0.344 e. The number of hydrogen-bond donors (Lipinski definition) is 1. The summed E-state index contributed by atoms with van der Waals surface area (Å²) >= 11 is -0.289. The third-order valence-electron chi connectivity index (χ3n) is 6.96. The van der Waals surface area contributed by atoms with Crippen LogP contribution in [0.25, 0.3) is 21.6 Å². The molecule has 0 bridgehead atoms. The smallest absolute Gasteiger partial charge is 0.344 e. The van der Waals surface area contributed by atoms with Gasteiger partial charge in [0.2, 0.25) is 0 Å². The van der Waals surface area contributed by atoms with Gasteiger partial charge in [0.05, 0.1) is 0 Å². The SMILES string of the molecule is CCC[CH2][Sn]([CH2]CCC)([CH2]CCC)[c]1cc(-c2ccc(C)cc2)c(-c2ccc(C)cc2)s1.N. The van der Waals surface area contributed by atoms with Gasteiger partial charge in [-0.2, -0.15) is 0 Å². The van der Waals surface area contributed by atoms with Gasteiger partial charge in [0.25, 0.3) is 0 Å². The topological polar surface area (TPSA) is 35.0 Å². The van der Waals surface area contributed by atoms with E-state index in [1.165, 1.54) is 84.5 Å². The van der Waals surface area contributed by atoms with Crippen LogP contribution in [-0.4, -0.2) is 18.4 Å². The van der Waals surface area contributed by atoms with Crippen molar-refractivity contribution in [3.8, 4) is 21.6 Å². The molecule has 0 saturated heterocycles. The molecule has 0 fully saturated rings. The van der Waals surface area contributed by atoms with Crippen LogP contribution < -0.4 is 9.04 Å². The Morgan fingerprint density at radius 1 is 0.636 bits per heavy atom. The zero-order valence-electron chi connectivity index (χ0n) is 21.7. The molecule has 0 atom stereocenters. The number of rotatable bonds is 12. The maximum absolute atomic E-state index is 2.67. The Balaban J connectivity index is 0.00000385. The summed E-state index contributed by atoms with van der Waals surface area (Å²) in [6.07, 6.45) is 8.25. The summed E-state index contributed by atoms with van der Waals surface area (Å²) in [6, 6.07) is 21.1. The van der Waals surface area contributed by atoms with Gasteiger partial charge in [-0.1, -0.05) is 0 Å². The fourth-order valence-electron chi connectivity index (χ4n) is 4.81. The van der Waals surface area contributed by atoms with Crippen molar-refractivity contribution in [1.29, 1.82) is 0 Å². The van der Waals surface area contributed by atoms with E-state index in [1.807, 2.05) is 2.89 Å². The molecule has 0 aliphatic heterocycles. The van der Waals surface area contributed by atoms with Gasteiger partial charge in [0, 0.05) is 0 Å². The molecule has 2 aromatic carbocycles. The average molecular weight is 570 g/mol. The molecule has 180 valence electrons. The zero-order valence-corrected chi connectivity index (χ0v) is 25.3. The van der Waals surface area contributed by atoms with E-state index >= 15 is 0 Å². The number of benzene rings is 2. The van der Waals surface area contributed by atoms with Gasteiger partial charge < -0.3 is 6.15 Å². The summed E-state index contributed by atoms with van der Waals surface area (Å²) in [7, 11) is 0. The zero-order chi connectivity index (χ0) is 23.0. The normalized spacial score (nSPS) is 11.4. The monoisotopic (exact) mass is 571 g/mol. The first-order valence-electron chi connectivity index (χ1n) is 12.8. The van der Waals surface area contributed by atoms with E-state index in [0.29, 0.717) is 0 Å². The van der Waals surface area contributed by atoms with Crippen LogP contribution in [-0.2, 0) is 0 Å². The molecular formula is C30H45NSSn. The minimum Gasteiger partial charge on any atom is -0.344 e. The van der Waals surface area contributed by atoms with Crippen LogP contribution in [0.3, 0.4) is 0 Å². The van der Waals surface area contributed by atoms with Crippen LogP contribution in [0.5, 0.6) is 0 Å². The molecule has 0 aliphatic carbocycles. The molecular weight excluding hydrogens is 525 g/mol. The second-order valence-electron chi connectivity index (χ2n) is 9.68. The van der Waals surface area contributed by atoms with E-state index in [-0.39, 0.29) is 6.15 Å². The van der Waals surface area contributed by atoms with Crippen molar-refractivity contribution in [3.63, 3.8) is 0 Å². The molecule has 33 heavy (non-hydrogen) atoms. The molecule has 3 heteroatoms. The van der Waals surface area contributed by atoms with E-state index in [9.17, 15) is 0 Å². The van der Waals surface area contributed by atoms with Gasteiger partial charge in [-0.05, 0) is 0 Å². The van der Waals surface area contributed by atoms with Gasteiger partial charge in [0.1, 0.15) is 0 Å². The van der Waals surface area contributed by atoms with Crippen LogP contribution in [0.4, 0.5) is 0 Å². The molecule has 0 aliphatic rings. The van der Waals surface area contributed by atoms with Gasteiger partial charge in [-0.3, -0.25) is 0 Å². The number of unbranched alkanes of at least 4 members (excludes halogenated alkanes) is 3. The molecule has 0 radical (unpaired) electrons. The van der Waals surface area contributed by atoms with Crippen molar-refractivity contribution in [2.75, 3.05) is 0 Å². The Bertz CT molecular complexity index is 871. The summed E-state index contributed by atoms with van der Waals surface area (Å²) in [4.78, 5) is 1.49. The first kappa shape index (κ1) is 28.1. The van der Waals surface area contributed by atoms with Crippen molar-refractivity contribution in [2.24, 2.45) is 0 Å². The Kier molecular flexibility index (Phi) is 11.7. The quantitative estimate of drug-likeness (QED) is 0.216. The van der Waals surface area contributed by atoms with E-state index in [0.717, 1.165) is 0 Å². The van der Waals surface area contributed by atoms with Crippen molar-refractivity contribution in [2.45, 2.75) is 86.5 Å². The Morgan fingerprint density at radius 3 is 1.48 bits per heavy atom. The van der Waals surface area contributed by atoms with E-state index in [2.05, 4.69) is 101 Å². The van der Waals surface area contributed by atoms with Crippen LogP contribution in [0, 0.1) is 13.8 Å². The summed E-state index contributed by atoms with van der Waals surface area (Å²) in [5.41, 5.74) is 6.92. The summed E-state index contributed by atoms with van der Waals surface area (Å²) < 4.78 is 6.44. The standard InChI is InChI=1S/C18H15S.3C4H9.H3N.Sn/c1-13-3-7-15(8-4-13)17-11-12-19-18(17)16-9-5-14(2)6-10-16;3*1-3-4-2;;/h3-11H,1-2H3;3*1,3-4H2,2H3;1H3;. The fourth-order valence-corrected chi connectivity index (χ4v) is 25.1. The molecule has 3 aromatic rings. The van der Waals surface area contributed by atoms with Crippen molar-refractivity contribution < 1.29 is 0 Å². The summed E-state index contributed by atoms with van der Waals surface area (Å²) in [5.74, 6) is 0. The predicted octanol–water partition coefficient (Wildman–Crippen LogP) is 9.92. The van der Waals surface area contributed by atoms with Crippen molar-refractivity contribution in [3.05, 3.63) is 65.7 Å². The number of thiophene rings is 1. The first-order chi connectivity index (χ1) is 15.5. The molecule has 1 aromatic heterocycles. The maximum atomic E-state index is 2.67. The van der Waals surface area contributed by atoms with E-state index < -0.39 is 18.4 Å². The molecule has 0 amide bonds. The predicted molar refractivity (Wildman–Crippen MR) is 154 cm³/mol. The van der Waals surface area contributed by atoms with E-state index in [1.54, 1.807) is 0 Å². The minimum absolute atomic E-state index is 0. The number of hydrogen-bond acceptors (Lipinski definition) is 2. The van der Waals surface area contributed by atoms with Crippen LogP contribution in [0.2, 0.25) is 13.3 Å². The fraction of sp³-hybridized carbons (Fsp3) is 0.467. The van der Waals surface area contributed by atoms with Gasteiger partial charge in [-0.25, -0.2) is 0 Å². The van der Waals surface area contributed by atoms with Gasteiger partial charge in [0.15, 0.2) is 0 Å². The van der Waals surface area contributed by atoms with Crippen LogP contribution in [0.1, 0.15) is 70.4 Å². The third-order valence-corrected chi connectivity index (χ3v) is 26.4. The Labute approximate surface area is 211 Å². The van der Waals surface area contributed by atoms with Crippen LogP contribution in [0.15, 0.2) is 54.6 Å². The molecule has 1 nitrogen and oxygen atoms in total. The summed E-state index contributed by atoms with van der Waals surface area (Å²) in [5, 5.41) is 0. The summed E-state index contributed by atoms with van der Waals surface area (Å²) in [6.45, 7) is 11.5. The van der Waals surface area contributed by atoms with Crippen molar-refractivity contribution in [1.82, 2.24) is 6.15 Å². The van der Waals surface area contributed by atoms with E-state index in [4.69, 9.17) is 0 Å². The Hall–Kier alpha value is -1.10. The Morgan fingerprint density at radius 2 is 1.06 bits per heavy atom. The maximum Gasteiger partial charge on any atom is -0.344 e.